The fourth-order valence-corrected chi connectivity index (χ4v) is 3.08. The first-order chi connectivity index (χ1) is 7.97. The molecule has 2 fully saturated rings. The minimum atomic E-state index is 0.693. The smallest absolute Gasteiger partial charge is 0.0597 e. The van der Waals surface area contributed by atoms with E-state index in [-0.39, 0.29) is 0 Å². The summed E-state index contributed by atoms with van der Waals surface area (Å²) >= 11 is 0. The Balaban J connectivity index is 1.81. The van der Waals surface area contributed by atoms with Gasteiger partial charge in [-0.3, -0.25) is 4.90 Å². The molecule has 2 rings (SSSR count). The van der Waals surface area contributed by atoms with Crippen LogP contribution >= 0.6 is 0 Å². The van der Waals surface area contributed by atoms with Crippen LogP contribution in [0.5, 0.6) is 0 Å². The van der Waals surface area contributed by atoms with Crippen LogP contribution in [-0.2, 0) is 0 Å². The zero-order valence-corrected chi connectivity index (χ0v) is 10.7. The van der Waals surface area contributed by atoms with Crippen molar-refractivity contribution in [3.63, 3.8) is 0 Å². The molecule has 2 saturated heterocycles. The molecule has 1 atom stereocenters. The van der Waals surface area contributed by atoms with Crippen LogP contribution in [-0.4, -0.2) is 30.7 Å². The molecule has 0 aromatic rings. The quantitative estimate of drug-likeness (QED) is 0.736. The van der Waals surface area contributed by atoms with Crippen molar-refractivity contribution in [3.05, 3.63) is 0 Å². The molecule has 94 valence electrons. The van der Waals surface area contributed by atoms with E-state index in [9.17, 15) is 0 Å². The average Bonchev–Trinajstić information content (AvgIpc) is 2.18. The van der Waals surface area contributed by atoms with Crippen molar-refractivity contribution in [2.24, 2.45) is 0 Å². The highest BCUT2D eigenvalue weighted by Gasteiger charge is 2.18. The zero-order valence-electron chi connectivity index (χ0n) is 10.7. The van der Waals surface area contributed by atoms with Crippen molar-refractivity contribution >= 4 is 0 Å². The Morgan fingerprint density at radius 2 is 1.31 bits per heavy atom. The molecule has 1 unspecified atom stereocenters. The lowest BCUT2D eigenvalue weighted by molar-refractivity contribution is 0.135. The molecule has 0 aliphatic carbocycles. The van der Waals surface area contributed by atoms with Crippen LogP contribution in [0.15, 0.2) is 0 Å². The Labute approximate surface area is 101 Å². The highest BCUT2D eigenvalue weighted by Crippen LogP contribution is 2.17. The summed E-state index contributed by atoms with van der Waals surface area (Å²) in [6, 6.07) is 0. The summed E-state index contributed by atoms with van der Waals surface area (Å²) in [7, 11) is 0. The summed E-state index contributed by atoms with van der Waals surface area (Å²) in [4.78, 5) is 2.73. The molecule has 0 bridgehead atoms. The Morgan fingerprint density at radius 3 is 2.12 bits per heavy atom. The summed E-state index contributed by atoms with van der Waals surface area (Å²) in [6.07, 6.45) is 14.9. The van der Waals surface area contributed by atoms with E-state index in [1.54, 1.807) is 0 Å². The van der Waals surface area contributed by atoms with Crippen molar-refractivity contribution < 1.29 is 0 Å². The second-order valence-electron chi connectivity index (χ2n) is 5.48. The van der Waals surface area contributed by atoms with Gasteiger partial charge in [-0.2, -0.15) is 0 Å². The molecule has 16 heavy (non-hydrogen) atoms. The first kappa shape index (κ1) is 12.4. The summed E-state index contributed by atoms with van der Waals surface area (Å²) in [5, 5.41) is 3.77. The maximum Gasteiger partial charge on any atom is 0.0597 e. The first-order valence-electron chi connectivity index (χ1n) is 7.44. The lowest BCUT2D eigenvalue weighted by Crippen LogP contribution is -2.47. The third-order valence-electron chi connectivity index (χ3n) is 4.12. The number of nitrogens with one attached hydrogen (secondary N) is 1. The van der Waals surface area contributed by atoms with Gasteiger partial charge in [0.15, 0.2) is 0 Å². The Morgan fingerprint density at radius 1 is 0.688 bits per heavy atom. The number of hydrogen-bond donors (Lipinski definition) is 1. The Bertz CT molecular complexity index is 146. The summed E-state index contributed by atoms with van der Waals surface area (Å²) < 4.78 is 0. The van der Waals surface area contributed by atoms with E-state index in [1.165, 1.54) is 83.8 Å². The maximum atomic E-state index is 3.77. The van der Waals surface area contributed by atoms with Gasteiger partial charge in [0.05, 0.1) is 6.17 Å². The molecular formula is C14H28N2. The van der Waals surface area contributed by atoms with Crippen molar-refractivity contribution in [2.75, 3.05) is 19.6 Å². The Kier molecular flexibility index (Phi) is 5.64. The molecule has 1 N–H and O–H groups in total. The minimum Gasteiger partial charge on any atom is -0.302 e. The van der Waals surface area contributed by atoms with Gasteiger partial charge in [-0.1, -0.05) is 38.5 Å². The fourth-order valence-electron chi connectivity index (χ4n) is 3.08. The van der Waals surface area contributed by atoms with Gasteiger partial charge < -0.3 is 5.32 Å². The van der Waals surface area contributed by atoms with Crippen LogP contribution in [0, 0.1) is 0 Å². The molecular weight excluding hydrogens is 196 g/mol. The minimum absolute atomic E-state index is 0.693. The fraction of sp³-hybridized carbons (Fsp3) is 1.00. The molecule has 0 saturated carbocycles. The summed E-state index contributed by atoms with van der Waals surface area (Å²) in [5.41, 5.74) is 0. The molecule has 2 heteroatoms. The van der Waals surface area contributed by atoms with Crippen LogP contribution in [0.25, 0.3) is 0 Å². The van der Waals surface area contributed by atoms with E-state index < -0.39 is 0 Å². The van der Waals surface area contributed by atoms with Gasteiger partial charge in [0.2, 0.25) is 0 Å². The predicted molar refractivity (Wildman–Crippen MR) is 69.5 cm³/mol. The highest BCUT2D eigenvalue weighted by atomic mass is 15.3. The van der Waals surface area contributed by atoms with Crippen LogP contribution in [0.1, 0.15) is 64.2 Å². The monoisotopic (exact) mass is 224 g/mol. The lowest BCUT2D eigenvalue weighted by atomic mass is 10.0. The number of rotatable bonds is 1. The van der Waals surface area contributed by atoms with Gasteiger partial charge >= 0.3 is 0 Å². The van der Waals surface area contributed by atoms with Gasteiger partial charge in [-0.25, -0.2) is 0 Å². The molecule has 2 aliphatic rings. The molecule has 2 aliphatic heterocycles. The van der Waals surface area contributed by atoms with Crippen molar-refractivity contribution in [1.82, 2.24) is 10.2 Å². The van der Waals surface area contributed by atoms with E-state index in [2.05, 4.69) is 10.2 Å². The normalized spacial score (nSPS) is 31.1. The molecule has 0 spiro atoms. The molecule has 0 aromatic carbocycles. The molecule has 0 radical (unpaired) electrons. The van der Waals surface area contributed by atoms with E-state index in [4.69, 9.17) is 0 Å². The number of likely N-dealkylation sites (tertiary alicyclic amines) is 1. The molecule has 2 heterocycles. The second kappa shape index (κ2) is 7.29. The molecule has 0 aromatic heterocycles. The van der Waals surface area contributed by atoms with Gasteiger partial charge in [0.1, 0.15) is 0 Å². The van der Waals surface area contributed by atoms with Crippen molar-refractivity contribution in [2.45, 2.75) is 70.4 Å². The van der Waals surface area contributed by atoms with Crippen molar-refractivity contribution in [3.8, 4) is 0 Å². The maximum absolute atomic E-state index is 3.77. The van der Waals surface area contributed by atoms with E-state index in [0.29, 0.717) is 6.17 Å². The number of nitrogens with zero attached hydrogens (tertiary/aromatic N) is 1. The zero-order chi connectivity index (χ0) is 11.1. The van der Waals surface area contributed by atoms with E-state index >= 15 is 0 Å². The second-order valence-corrected chi connectivity index (χ2v) is 5.48. The van der Waals surface area contributed by atoms with Crippen LogP contribution < -0.4 is 5.32 Å². The summed E-state index contributed by atoms with van der Waals surface area (Å²) in [6.45, 7) is 3.90. The summed E-state index contributed by atoms with van der Waals surface area (Å²) in [5.74, 6) is 0. The number of hydrogen-bond acceptors (Lipinski definition) is 2. The van der Waals surface area contributed by atoms with Crippen LogP contribution in [0.2, 0.25) is 0 Å². The third kappa shape index (κ3) is 4.06. The highest BCUT2D eigenvalue weighted by molar-refractivity contribution is 4.73. The average molecular weight is 224 g/mol. The first-order valence-corrected chi connectivity index (χ1v) is 7.44. The van der Waals surface area contributed by atoms with Gasteiger partial charge in [-0.05, 0) is 45.3 Å². The topological polar surface area (TPSA) is 15.3 Å². The van der Waals surface area contributed by atoms with Gasteiger partial charge in [0.25, 0.3) is 0 Å². The molecule has 2 nitrogen and oxygen atoms in total. The predicted octanol–water partition coefficient (Wildman–Crippen LogP) is 3.13. The van der Waals surface area contributed by atoms with Gasteiger partial charge in [-0.15, -0.1) is 0 Å². The van der Waals surface area contributed by atoms with Crippen molar-refractivity contribution in [1.29, 1.82) is 0 Å². The van der Waals surface area contributed by atoms with Gasteiger partial charge in [0, 0.05) is 0 Å². The third-order valence-corrected chi connectivity index (χ3v) is 4.12. The van der Waals surface area contributed by atoms with Crippen LogP contribution in [0.4, 0.5) is 0 Å². The Hall–Kier alpha value is -0.0800. The van der Waals surface area contributed by atoms with Crippen LogP contribution in [0.3, 0.4) is 0 Å². The lowest BCUT2D eigenvalue weighted by Gasteiger charge is -2.34. The standard InChI is InChI=1S/C14H28N2/c1-4-8-12-16(13-9-5-1)14-10-6-2-3-7-11-15-14/h14-15H,1-13H2. The van der Waals surface area contributed by atoms with E-state index in [1.807, 2.05) is 0 Å². The molecule has 0 amide bonds. The largest absolute Gasteiger partial charge is 0.302 e. The SMILES string of the molecule is C1CCCN(C2CCCCCCN2)CCC1. The van der Waals surface area contributed by atoms with E-state index in [0.717, 1.165) is 0 Å².